The smallest absolute Gasteiger partial charge is 0.251 e. The molecule has 0 aliphatic heterocycles. The van der Waals surface area contributed by atoms with Gasteiger partial charge in [-0.1, -0.05) is 30.3 Å². The van der Waals surface area contributed by atoms with Crippen LogP contribution < -0.4 is 15.4 Å². The molecule has 0 aliphatic rings. The number of amides is 2. The highest BCUT2D eigenvalue weighted by Crippen LogP contribution is 2.11. The van der Waals surface area contributed by atoms with Gasteiger partial charge in [0, 0.05) is 25.1 Å². The zero-order valence-electron chi connectivity index (χ0n) is 14.5. The van der Waals surface area contributed by atoms with E-state index in [0.717, 1.165) is 17.7 Å². The molecule has 5 heteroatoms. The minimum Gasteiger partial charge on any atom is -0.497 e. The summed E-state index contributed by atoms with van der Waals surface area (Å²) in [5.41, 5.74) is 1.78. The number of carbonyl (C=O) groups excluding carboxylic acids is 2. The van der Waals surface area contributed by atoms with Crippen molar-refractivity contribution in [3.63, 3.8) is 0 Å². The van der Waals surface area contributed by atoms with E-state index >= 15 is 0 Å². The van der Waals surface area contributed by atoms with Crippen molar-refractivity contribution in [2.24, 2.45) is 0 Å². The van der Waals surface area contributed by atoms with Gasteiger partial charge in [-0.15, -0.1) is 0 Å². The Balaban J connectivity index is 1.57. The zero-order valence-corrected chi connectivity index (χ0v) is 14.5. The number of rotatable bonds is 9. The molecule has 0 aromatic heterocycles. The Morgan fingerprint density at radius 2 is 1.64 bits per heavy atom. The van der Waals surface area contributed by atoms with Crippen LogP contribution in [0.15, 0.2) is 54.6 Å². The molecule has 0 aliphatic carbocycles. The molecular weight excluding hydrogens is 316 g/mol. The fourth-order valence-electron chi connectivity index (χ4n) is 2.37. The minimum absolute atomic E-state index is 0.00229. The summed E-state index contributed by atoms with van der Waals surface area (Å²) in [6.07, 6.45) is 1.80. The topological polar surface area (TPSA) is 67.4 Å². The average Bonchev–Trinajstić information content (AvgIpc) is 2.66. The van der Waals surface area contributed by atoms with Gasteiger partial charge < -0.3 is 15.4 Å². The molecule has 0 atom stereocenters. The molecule has 0 unspecified atom stereocenters. The molecule has 0 radical (unpaired) electrons. The van der Waals surface area contributed by atoms with E-state index in [-0.39, 0.29) is 11.8 Å². The van der Waals surface area contributed by atoms with Gasteiger partial charge in [-0.25, -0.2) is 0 Å². The molecule has 0 bridgehead atoms. The maximum atomic E-state index is 11.8. The molecule has 2 N–H and O–H groups in total. The maximum Gasteiger partial charge on any atom is 0.251 e. The number of ether oxygens (including phenoxy) is 1. The van der Waals surface area contributed by atoms with Crippen LogP contribution >= 0.6 is 0 Å². The van der Waals surface area contributed by atoms with Crippen molar-refractivity contribution < 1.29 is 14.3 Å². The summed E-state index contributed by atoms with van der Waals surface area (Å²) in [4.78, 5) is 23.6. The van der Waals surface area contributed by atoms with Gasteiger partial charge in [-0.05, 0) is 42.7 Å². The van der Waals surface area contributed by atoms with Gasteiger partial charge in [0.25, 0.3) is 5.91 Å². The van der Waals surface area contributed by atoms with Crippen LogP contribution in [0.25, 0.3) is 0 Å². The molecule has 2 rings (SSSR count). The van der Waals surface area contributed by atoms with Crippen molar-refractivity contribution in [2.45, 2.75) is 19.3 Å². The first kappa shape index (κ1) is 18.5. The number of benzene rings is 2. The number of hydrogen-bond donors (Lipinski definition) is 2. The van der Waals surface area contributed by atoms with E-state index in [0.29, 0.717) is 31.5 Å². The van der Waals surface area contributed by atoms with E-state index in [1.807, 2.05) is 42.5 Å². The van der Waals surface area contributed by atoms with Gasteiger partial charge in [0.15, 0.2) is 0 Å². The highest BCUT2D eigenvalue weighted by atomic mass is 16.5. The van der Waals surface area contributed by atoms with Gasteiger partial charge in [0.1, 0.15) is 5.75 Å². The van der Waals surface area contributed by atoms with Gasteiger partial charge in [-0.2, -0.15) is 0 Å². The molecule has 25 heavy (non-hydrogen) atoms. The Morgan fingerprint density at radius 3 is 2.32 bits per heavy atom. The van der Waals surface area contributed by atoms with E-state index in [2.05, 4.69) is 10.6 Å². The van der Waals surface area contributed by atoms with Crippen molar-refractivity contribution in [1.29, 1.82) is 0 Å². The molecule has 0 heterocycles. The first-order chi connectivity index (χ1) is 12.2. The van der Waals surface area contributed by atoms with Crippen LogP contribution in [-0.2, 0) is 11.2 Å². The molecule has 0 saturated heterocycles. The maximum absolute atomic E-state index is 11.8. The first-order valence-corrected chi connectivity index (χ1v) is 8.42. The molecular formula is C20H24N2O3. The summed E-state index contributed by atoms with van der Waals surface area (Å²) in [7, 11) is 1.64. The molecule has 0 fully saturated rings. The minimum atomic E-state index is -0.111. The predicted molar refractivity (Wildman–Crippen MR) is 97.7 cm³/mol. The molecule has 0 saturated carbocycles. The number of methoxy groups -OCH3 is 1. The summed E-state index contributed by atoms with van der Waals surface area (Å²) in [6, 6.07) is 16.8. The number of nitrogens with one attached hydrogen (secondary N) is 2. The van der Waals surface area contributed by atoms with Crippen LogP contribution in [0.5, 0.6) is 5.75 Å². The van der Waals surface area contributed by atoms with E-state index in [4.69, 9.17) is 4.74 Å². The highest BCUT2D eigenvalue weighted by Gasteiger charge is 2.05. The number of hydrogen-bond acceptors (Lipinski definition) is 3. The Kier molecular flexibility index (Phi) is 7.50. The highest BCUT2D eigenvalue weighted by molar-refractivity contribution is 5.94. The third kappa shape index (κ3) is 6.67. The first-order valence-electron chi connectivity index (χ1n) is 8.42. The van der Waals surface area contributed by atoms with Crippen molar-refractivity contribution in [1.82, 2.24) is 10.6 Å². The monoisotopic (exact) mass is 340 g/mol. The third-order valence-corrected chi connectivity index (χ3v) is 3.80. The molecule has 2 aromatic rings. The zero-order chi connectivity index (χ0) is 17.9. The van der Waals surface area contributed by atoms with Crippen molar-refractivity contribution in [2.75, 3.05) is 20.2 Å². The summed E-state index contributed by atoms with van der Waals surface area (Å²) < 4.78 is 5.11. The third-order valence-electron chi connectivity index (χ3n) is 3.80. The Labute approximate surface area is 148 Å². The van der Waals surface area contributed by atoms with Gasteiger partial charge in [0.2, 0.25) is 5.91 Å². The van der Waals surface area contributed by atoms with Crippen LogP contribution in [0.4, 0.5) is 0 Å². The number of carbonyl (C=O) groups is 2. The van der Waals surface area contributed by atoms with Crippen LogP contribution in [-0.4, -0.2) is 32.0 Å². The second-order valence-corrected chi connectivity index (χ2v) is 5.67. The SMILES string of the molecule is COc1ccc(CCNC(=O)CCCNC(=O)c2ccccc2)cc1. The summed E-state index contributed by atoms with van der Waals surface area (Å²) >= 11 is 0. The van der Waals surface area contributed by atoms with Crippen LogP contribution in [0.2, 0.25) is 0 Å². The van der Waals surface area contributed by atoms with E-state index < -0.39 is 0 Å². The lowest BCUT2D eigenvalue weighted by atomic mass is 10.1. The largest absolute Gasteiger partial charge is 0.497 e. The second kappa shape index (κ2) is 10.1. The van der Waals surface area contributed by atoms with Crippen molar-refractivity contribution in [3.05, 3.63) is 65.7 Å². The summed E-state index contributed by atoms with van der Waals surface area (Å²) in [5, 5.41) is 5.71. The predicted octanol–water partition coefficient (Wildman–Crippen LogP) is 2.56. The van der Waals surface area contributed by atoms with Crippen molar-refractivity contribution >= 4 is 11.8 Å². The molecule has 2 amide bonds. The van der Waals surface area contributed by atoms with E-state index in [9.17, 15) is 9.59 Å². The Bertz CT molecular complexity index is 669. The fourth-order valence-corrected chi connectivity index (χ4v) is 2.37. The van der Waals surface area contributed by atoms with Crippen LogP contribution in [0.3, 0.4) is 0 Å². The van der Waals surface area contributed by atoms with E-state index in [1.54, 1.807) is 19.2 Å². The van der Waals surface area contributed by atoms with Gasteiger partial charge in [-0.3, -0.25) is 9.59 Å². The fraction of sp³-hybridized carbons (Fsp3) is 0.300. The second-order valence-electron chi connectivity index (χ2n) is 5.67. The molecule has 5 nitrogen and oxygen atoms in total. The van der Waals surface area contributed by atoms with Crippen molar-refractivity contribution in [3.8, 4) is 5.75 Å². The lowest BCUT2D eigenvalue weighted by molar-refractivity contribution is -0.121. The van der Waals surface area contributed by atoms with Crippen LogP contribution in [0.1, 0.15) is 28.8 Å². The lowest BCUT2D eigenvalue weighted by Gasteiger charge is -2.07. The summed E-state index contributed by atoms with van der Waals surface area (Å²) in [5.74, 6) is 0.716. The van der Waals surface area contributed by atoms with Gasteiger partial charge in [0.05, 0.1) is 7.11 Å². The molecule has 2 aromatic carbocycles. The Morgan fingerprint density at radius 1 is 0.920 bits per heavy atom. The quantitative estimate of drug-likeness (QED) is 0.690. The standard InChI is InChI=1S/C20H24N2O3/c1-25-18-11-9-16(10-12-18)13-15-21-19(23)8-5-14-22-20(24)17-6-3-2-4-7-17/h2-4,6-7,9-12H,5,8,13-15H2,1H3,(H,21,23)(H,22,24). The Hall–Kier alpha value is -2.82. The molecule has 132 valence electrons. The van der Waals surface area contributed by atoms with Crippen LogP contribution in [0, 0.1) is 0 Å². The molecule has 0 spiro atoms. The van der Waals surface area contributed by atoms with E-state index in [1.165, 1.54) is 0 Å². The lowest BCUT2D eigenvalue weighted by Crippen LogP contribution is -2.28. The normalized spacial score (nSPS) is 10.1. The summed E-state index contributed by atoms with van der Waals surface area (Å²) in [6.45, 7) is 1.08. The average molecular weight is 340 g/mol. The van der Waals surface area contributed by atoms with Gasteiger partial charge >= 0.3 is 0 Å².